The zero-order valence-corrected chi connectivity index (χ0v) is 13.1. The maximum atomic E-state index is 12.0. The van der Waals surface area contributed by atoms with Crippen LogP contribution in [-0.2, 0) is 4.79 Å². The zero-order valence-electron chi connectivity index (χ0n) is 13.1. The van der Waals surface area contributed by atoms with Crippen LogP contribution >= 0.6 is 0 Å². The molecule has 2 fully saturated rings. The lowest BCUT2D eigenvalue weighted by atomic mass is 9.73. The average Bonchev–Trinajstić information content (AvgIpc) is 2.80. The number of allylic oxidation sites excluding steroid dienone is 2. The van der Waals surface area contributed by atoms with Gasteiger partial charge in [0.25, 0.3) is 0 Å². The van der Waals surface area contributed by atoms with E-state index in [-0.39, 0.29) is 0 Å². The predicted molar refractivity (Wildman–Crippen MR) is 80.9 cm³/mol. The summed E-state index contributed by atoms with van der Waals surface area (Å²) in [5, 5.41) is 0. The van der Waals surface area contributed by atoms with E-state index >= 15 is 0 Å². The Bertz CT molecular complexity index is 342. The minimum atomic E-state index is 0.414. The van der Waals surface area contributed by atoms with Gasteiger partial charge in [-0.15, -0.1) is 0 Å². The van der Waals surface area contributed by atoms with Crippen molar-refractivity contribution in [3.05, 3.63) is 12.2 Å². The third-order valence-corrected chi connectivity index (χ3v) is 5.70. The molecule has 0 spiro atoms. The van der Waals surface area contributed by atoms with Crippen molar-refractivity contribution < 1.29 is 4.79 Å². The highest BCUT2D eigenvalue weighted by Gasteiger charge is 2.42. The first-order chi connectivity index (χ1) is 9.00. The Balaban J connectivity index is 1.96. The molecule has 1 nitrogen and oxygen atoms in total. The van der Waals surface area contributed by atoms with Gasteiger partial charge in [0.2, 0.25) is 0 Å². The number of Topliss-reactive ketones (excluding diaryl/α,β-unsaturated/α-hetero) is 1. The van der Waals surface area contributed by atoms with Gasteiger partial charge in [-0.3, -0.25) is 4.79 Å². The highest BCUT2D eigenvalue weighted by atomic mass is 16.1. The fraction of sp³-hybridized carbons (Fsp3) is 0.833. The molecule has 0 aromatic rings. The van der Waals surface area contributed by atoms with Crippen LogP contribution in [0, 0.1) is 35.5 Å². The molecule has 0 heterocycles. The summed E-state index contributed by atoms with van der Waals surface area (Å²) in [5.41, 5.74) is 0. The van der Waals surface area contributed by atoms with E-state index < -0.39 is 0 Å². The smallest absolute Gasteiger partial charge is 0.136 e. The molecule has 5 atom stereocenters. The lowest BCUT2D eigenvalue weighted by Gasteiger charge is -2.30. The zero-order chi connectivity index (χ0) is 14.0. The Labute approximate surface area is 118 Å². The van der Waals surface area contributed by atoms with Crippen molar-refractivity contribution in [2.75, 3.05) is 0 Å². The second kappa shape index (κ2) is 6.24. The molecule has 0 aromatic carbocycles. The SMILES string of the molecule is CC(C)[C@@H](C)/C=C/[C@@H](C)C1CC[C@H]2C(=O)CCC[C@H]12. The molecule has 108 valence electrons. The van der Waals surface area contributed by atoms with Crippen molar-refractivity contribution in [3.8, 4) is 0 Å². The maximum Gasteiger partial charge on any atom is 0.136 e. The van der Waals surface area contributed by atoms with Crippen LogP contribution < -0.4 is 0 Å². The molecule has 2 rings (SSSR count). The number of ketones is 1. The molecule has 0 saturated heterocycles. The predicted octanol–water partition coefficient (Wildman–Crippen LogP) is 4.87. The number of rotatable bonds is 4. The number of fused-ring (bicyclic) bond motifs is 1. The summed E-state index contributed by atoms with van der Waals surface area (Å²) in [4.78, 5) is 12.0. The third-order valence-electron chi connectivity index (χ3n) is 5.70. The molecule has 1 heteroatoms. The molecule has 2 saturated carbocycles. The number of hydrogen-bond donors (Lipinski definition) is 0. The van der Waals surface area contributed by atoms with Crippen LogP contribution in [0.2, 0.25) is 0 Å². The summed E-state index contributed by atoms with van der Waals surface area (Å²) in [5.74, 6) is 4.44. The van der Waals surface area contributed by atoms with Crippen molar-refractivity contribution in [3.63, 3.8) is 0 Å². The van der Waals surface area contributed by atoms with E-state index in [1.807, 2.05) is 0 Å². The van der Waals surface area contributed by atoms with Gasteiger partial charge in [-0.1, -0.05) is 39.8 Å². The first-order valence-electron chi connectivity index (χ1n) is 8.21. The summed E-state index contributed by atoms with van der Waals surface area (Å²) in [7, 11) is 0. The van der Waals surface area contributed by atoms with Gasteiger partial charge >= 0.3 is 0 Å². The number of hydrogen-bond acceptors (Lipinski definition) is 1. The van der Waals surface area contributed by atoms with Gasteiger partial charge in [0.05, 0.1) is 0 Å². The van der Waals surface area contributed by atoms with Crippen molar-refractivity contribution >= 4 is 5.78 Å². The van der Waals surface area contributed by atoms with Crippen LogP contribution in [0.5, 0.6) is 0 Å². The second-order valence-electron chi connectivity index (χ2n) is 7.22. The van der Waals surface area contributed by atoms with Gasteiger partial charge in [0.15, 0.2) is 0 Å². The Morgan fingerprint density at radius 2 is 1.79 bits per heavy atom. The molecule has 0 bridgehead atoms. The van der Waals surface area contributed by atoms with Gasteiger partial charge < -0.3 is 0 Å². The Morgan fingerprint density at radius 3 is 2.47 bits per heavy atom. The van der Waals surface area contributed by atoms with Crippen LogP contribution in [0.4, 0.5) is 0 Å². The Morgan fingerprint density at radius 1 is 1.05 bits per heavy atom. The number of carbonyl (C=O) groups excluding carboxylic acids is 1. The van der Waals surface area contributed by atoms with Crippen molar-refractivity contribution in [2.45, 2.75) is 59.8 Å². The molecule has 0 aliphatic heterocycles. The summed E-state index contributed by atoms with van der Waals surface area (Å²) < 4.78 is 0. The average molecular weight is 262 g/mol. The monoisotopic (exact) mass is 262 g/mol. The Hall–Kier alpha value is -0.590. The van der Waals surface area contributed by atoms with E-state index in [2.05, 4.69) is 39.8 Å². The summed E-state index contributed by atoms with van der Waals surface area (Å²) >= 11 is 0. The Kier molecular flexibility index (Phi) is 4.86. The largest absolute Gasteiger partial charge is 0.299 e. The topological polar surface area (TPSA) is 17.1 Å². The standard InChI is InChI=1S/C18H30O/c1-12(2)13(3)8-9-14(4)15-10-11-17-16(15)6-5-7-18(17)19/h8-9,12-17H,5-7,10-11H2,1-4H3/b9-8+/t13-,14+,15?,16+,17+/m0/s1. The first kappa shape index (κ1) is 14.8. The van der Waals surface area contributed by atoms with E-state index in [1.54, 1.807) is 0 Å². The van der Waals surface area contributed by atoms with Gasteiger partial charge in [0.1, 0.15) is 5.78 Å². The second-order valence-corrected chi connectivity index (χ2v) is 7.22. The molecular formula is C18H30O. The summed E-state index contributed by atoms with van der Waals surface area (Å²) in [6.45, 7) is 9.22. The highest BCUT2D eigenvalue weighted by Crippen LogP contribution is 2.47. The van der Waals surface area contributed by atoms with E-state index in [0.29, 0.717) is 29.5 Å². The number of carbonyl (C=O) groups is 1. The fourth-order valence-corrected chi connectivity index (χ4v) is 3.98. The van der Waals surface area contributed by atoms with Crippen LogP contribution in [0.3, 0.4) is 0 Å². The van der Waals surface area contributed by atoms with Crippen molar-refractivity contribution in [1.82, 2.24) is 0 Å². The van der Waals surface area contributed by atoms with E-state index in [0.717, 1.165) is 31.1 Å². The normalized spacial score (nSPS) is 34.8. The minimum Gasteiger partial charge on any atom is -0.299 e. The van der Waals surface area contributed by atoms with Crippen LogP contribution in [0.1, 0.15) is 59.8 Å². The van der Waals surface area contributed by atoms with Gasteiger partial charge in [-0.2, -0.15) is 0 Å². The molecule has 19 heavy (non-hydrogen) atoms. The van der Waals surface area contributed by atoms with Crippen molar-refractivity contribution in [2.24, 2.45) is 35.5 Å². The maximum absolute atomic E-state index is 12.0. The molecule has 0 aromatic heterocycles. The molecule has 0 amide bonds. The van der Waals surface area contributed by atoms with Crippen LogP contribution in [0.25, 0.3) is 0 Å². The highest BCUT2D eigenvalue weighted by molar-refractivity contribution is 5.82. The summed E-state index contributed by atoms with van der Waals surface area (Å²) in [6.07, 6.45) is 10.5. The summed E-state index contributed by atoms with van der Waals surface area (Å²) in [6, 6.07) is 0. The lowest BCUT2D eigenvalue weighted by molar-refractivity contribution is -0.126. The molecule has 2 aliphatic rings. The quantitative estimate of drug-likeness (QED) is 0.661. The third kappa shape index (κ3) is 3.30. The van der Waals surface area contributed by atoms with Crippen LogP contribution in [-0.4, -0.2) is 5.78 Å². The molecular weight excluding hydrogens is 232 g/mol. The molecule has 0 N–H and O–H groups in total. The van der Waals surface area contributed by atoms with Crippen LogP contribution in [0.15, 0.2) is 12.2 Å². The van der Waals surface area contributed by atoms with E-state index in [9.17, 15) is 4.79 Å². The molecule has 2 aliphatic carbocycles. The molecule has 1 unspecified atom stereocenters. The van der Waals surface area contributed by atoms with Gasteiger partial charge in [-0.05, 0) is 55.3 Å². The van der Waals surface area contributed by atoms with Gasteiger partial charge in [-0.25, -0.2) is 0 Å². The lowest BCUT2D eigenvalue weighted by Crippen LogP contribution is -2.29. The first-order valence-corrected chi connectivity index (χ1v) is 8.21. The molecule has 0 radical (unpaired) electrons. The minimum absolute atomic E-state index is 0.414. The van der Waals surface area contributed by atoms with E-state index in [1.165, 1.54) is 12.8 Å². The van der Waals surface area contributed by atoms with E-state index in [4.69, 9.17) is 0 Å². The van der Waals surface area contributed by atoms with Crippen molar-refractivity contribution in [1.29, 1.82) is 0 Å². The van der Waals surface area contributed by atoms with Gasteiger partial charge in [0, 0.05) is 12.3 Å². The fourth-order valence-electron chi connectivity index (χ4n) is 3.98.